The Morgan fingerprint density at radius 3 is 2.72 bits per heavy atom. The highest BCUT2D eigenvalue weighted by Gasteiger charge is 2.14. The van der Waals surface area contributed by atoms with Crippen molar-refractivity contribution in [2.45, 2.75) is 39.7 Å². The van der Waals surface area contributed by atoms with Crippen molar-refractivity contribution in [2.75, 3.05) is 0 Å². The molecular formula is C13H18N4S. The summed E-state index contributed by atoms with van der Waals surface area (Å²) >= 11 is 1.66. The van der Waals surface area contributed by atoms with Gasteiger partial charge in [-0.1, -0.05) is 6.92 Å². The lowest BCUT2D eigenvalue weighted by atomic mass is 10.0. The first kappa shape index (κ1) is 13.1. The van der Waals surface area contributed by atoms with Crippen LogP contribution in [-0.2, 0) is 12.8 Å². The molecule has 0 bridgehead atoms. The van der Waals surface area contributed by atoms with Crippen molar-refractivity contribution in [3.8, 4) is 0 Å². The van der Waals surface area contributed by atoms with Crippen molar-refractivity contribution in [1.82, 2.24) is 15.2 Å². The van der Waals surface area contributed by atoms with Crippen LogP contribution in [0.25, 0.3) is 0 Å². The molecule has 0 fully saturated rings. The Morgan fingerprint density at radius 2 is 2.11 bits per heavy atom. The normalized spacial score (nSPS) is 12.7. The maximum Gasteiger partial charge on any atom is 0.0897 e. The van der Waals surface area contributed by atoms with E-state index in [0.29, 0.717) is 0 Å². The molecule has 0 radical (unpaired) electrons. The van der Waals surface area contributed by atoms with Gasteiger partial charge >= 0.3 is 0 Å². The first-order chi connectivity index (χ1) is 8.60. The van der Waals surface area contributed by atoms with Gasteiger partial charge in [-0.2, -0.15) is 10.2 Å². The van der Waals surface area contributed by atoms with Crippen LogP contribution in [-0.4, -0.2) is 15.2 Å². The lowest BCUT2D eigenvalue weighted by Gasteiger charge is -2.14. The summed E-state index contributed by atoms with van der Waals surface area (Å²) in [7, 11) is 0. The molecule has 0 aliphatic rings. The average Bonchev–Trinajstić information content (AvgIpc) is 2.74. The standard InChI is InChI=1S/C13H18N4S/c1-4-13-11(5-8(2)16-17-13)12(14)6-10-7-18-9(3)15-10/h5,7,12H,4,6,14H2,1-3H3. The summed E-state index contributed by atoms with van der Waals surface area (Å²) in [6, 6.07) is 1.98. The van der Waals surface area contributed by atoms with Crippen LogP contribution in [0.2, 0.25) is 0 Å². The third kappa shape index (κ3) is 2.91. The van der Waals surface area contributed by atoms with Crippen LogP contribution in [0.15, 0.2) is 11.4 Å². The van der Waals surface area contributed by atoms with Gasteiger partial charge in [0.1, 0.15) is 0 Å². The van der Waals surface area contributed by atoms with Gasteiger partial charge in [0.05, 0.1) is 22.1 Å². The number of rotatable bonds is 4. The zero-order valence-electron chi connectivity index (χ0n) is 11.0. The molecule has 2 aromatic heterocycles. The second kappa shape index (κ2) is 5.54. The Balaban J connectivity index is 2.22. The maximum absolute atomic E-state index is 6.28. The van der Waals surface area contributed by atoms with E-state index in [0.717, 1.165) is 40.5 Å². The summed E-state index contributed by atoms with van der Waals surface area (Å²) in [6.45, 7) is 6.02. The molecular weight excluding hydrogens is 244 g/mol. The molecule has 0 aliphatic heterocycles. The molecule has 0 spiro atoms. The van der Waals surface area contributed by atoms with E-state index in [4.69, 9.17) is 5.73 Å². The van der Waals surface area contributed by atoms with Crippen LogP contribution < -0.4 is 5.73 Å². The maximum atomic E-state index is 6.28. The number of hydrogen-bond donors (Lipinski definition) is 1. The molecule has 0 saturated heterocycles. The number of nitrogens with two attached hydrogens (primary N) is 1. The van der Waals surface area contributed by atoms with E-state index in [1.54, 1.807) is 11.3 Å². The molecule has 2 heterocycles. The Morgan fingerprint density at radius 1 is 1.33 bits per heavy atom. The van der Waals surface area contributed by atoms with Crippen molar-refractivity contribution in [2.24, 2.45) is 5.73 Å². The predicted octanol–water partition coefficient (Wildman–Crippen LogP) is 2.35. The Labute approximate surface area is 111 Å². The molecule has 1 unspecified atom stereocenters. The van der Waals surface area contributed by atoms with Crippen LogP contribution in [0.5, 0.6) is 0 Å². The van der Waals surface area contributed by atoms with E-state index in [-0.39, 0.29) is 6.04 Å². The molecule has 18 heavy (non-hydrogen) atoms. The lowest BCUT2D eigenvalue weighted by Crippen LogP contribution is -2.17. The molecule has 96 valence electrons. The highest BCUT2D eigenvalue weighted by Crippen LogP contribution is 2.20. The van der Waals surface area contributed by atoms with Crippen molar-refractivity contribution < 1.29 is 0 Å². The zero-order chi connectivity index (χ0) is 13.1. The second-order valence-electron chi connectivity index (χ2n) is 4.41. The summed E-state index contributed by atoms with van der Waals surface area (Å²) in [5.41, 5.74) is 10.3. The van der Waals surface area contributed by atoms with Gasteiger partial charge in [0, 0.05) is 17.8 Å². The Kier molecular flexibility index (Phi) is 4.04. The van der Waals surface area contributed by atoms with Gasteiger partial charge in [-0.15, -0.1) is 11.3 Å². The fourth-order valence-electron chi connectivity index (χ4n) is 1.97. The number of hydrogen-bond acceptors (Lipinski definition) is 5. The molecule has 1 atom stereocenters. The monoisotopic (exact) mass is 262 g/mol. The molecule has 0 aliphatic carbocycles. The summed E-state index contributed by atoms with van der Waals surface area (Å²) in [6.07, 6.45) is 1.61. The summed E-state index contributed by atoms with van der Waals surface area (Å²) < 4.78 is 0. The number of aromatic nitrogens is 3. The third-order valence-electron chi connectivity index (χ3n) is 2.86. The van der Waals surface area contributed by atoms with Gasteiger partial charge in [-0.3, -0.25) is 0 Å². The van der Waals surface area contributed by atoms with E-state index >= 15 is 0 Å². The topological polar surface area (TPSA) is 64.7 Å². The van der Waals surface area contributed by atoms with Gasteiger partial charge in [-0.05, 0) is 31.9 Å². The van der Waals surface area contributed by atoms with Gasteiger partial charge in [0.15, 0.2) is 0 Å². The van der Waals surface area contributed by atoms with Crippen LogP contribution in [0.1, 0.15) is 40.6 Å². The molecule has 0 aromatic carbocycles. The smallest absolute Gasteiger partial charge is 0.0897 e. The SMILES string of the molecule is CCc1nnc(C)cc1C(N)Cc1csc(C)n1. The quantitative estimate of drug-likeness (QED) is 0.918. The van der Waals surface area contributed by atoms with Crippen molar-refractivity contribution in [1.29, 1.82) is 0 Å². The molecule has 2 N–H and O–H groups in total. The highest BCUT2D eigenvalue weighted by atomic mass is 32.1. The van der Waals surface area contributed by atoms with Crippen LogP contribution in [0.3, 0.4) is 0 Å². The third-order valence-corrected chi connectivity index (χ3v) is 3.68. The predicted molar refractivity (Wildman–Crippen MR) is 73.6 cm³/mol. The van der Waals surface area contributed by atoms with E-state index < -0.39 is 0 Å². The largest absolute Gasteiger partial charge is 0.324 e. The lowest BCUT2D eigenvalue weighted by molar-refractivity contribution is 0.682. The van der Waals surface area contributed by atoms with E-state index in [9.17, 15) is 0 Å². The minimum Gasteiger partial charge on any atom is -0.324 e. The van der Waals surface area contributed by atoms with E-state index in [1.807, 2.05) is 19.9 Å². The van der Waals surface area contributed by atoms with Gasteiger partial charge in [-0.25, -0.2) is 4.98 Å². The van der Waals surface area contributed by atoms with Crippen LogP contribution >= 0.6 is 11.3 Å². The van der Waals surface area contributed by atoms with Crippen molar-refractivity contribution in [3.63, 3.8) is 0 Å². The molecule has 0 amide bonds. The van der Waals surface area contributed by atoms with Gasteiger partial charge in [0.2, 0.25) is 0 Å². The summed E-state index contributed by atoms with van der Waals surface area (Å²) in [4.78, 5) is 4.46. The van der Waals surface area contributed by atoms with Crippen molar-refractivity contribution in [3.05, 3.63) is 39.1 Å². The fourth-order valence-corrected chi connectivity index (χ4v) is 2.59. The molecule has 5 heteroatoms. The van der Waals surface area contributed by atoms with Crippen molar-refractivity contribution >= 4 is 11.3 Å². The first-order valence-electron chi connectivity index (χ1n) is 6.09. The summed E-state index contributed by atoms with van der Waals surface area (Å²) in [5, 5.41) is 11.5. The van der Waals surface area contributed by atoms with Gasteiger partial charge in [0.25, 0.3) is 0 Å². The van der Waals surface area contributed by atoms with Crippen LogP contribution in [0, 0.1) is 13.8 Å². The zero-order valence-corrected chi connectivity index (χ0v) is 11.8. The second-order valence-corrected chi connectivity index (χ2v) is 5.47. The number of aryl methyl sites for hydroxylation is 3. The minimum absolute atomic E-state index is 0.0596. The highest BCUT2D eigenvalue weighted by molar-refractivity contribution is 7.09. The van der Waals surface area contributed by atoms with Gasteiger partial charge < -0.3 is 5.73 Å². The minimum atomic E-state index is -0.0596. The number of nitrogens with zero attached hydrogens (tertiary/aromatic N) is 3. The van der Waals surface area contributed by atoms with E-state index in [2.05, 4.69) is 27.5 Å². The molecule has 4 nitrogen and oxygen atoms in total. The fraction of sp³-hybridized carbons (Fsp3) is 0.462. The molecule has 2 aromatic rings. The Hall–Kier alpha value is -1.33. The van der Waals surface area contributed by atoms with E-state index in [1.165, 1.54) is 0 Å². The molecule has 2 rings (SSSR count). The number of thiazole rings is 1. The summed E-state index contributed by atoms with van der Waals surface area (Å²) in [5.74, 6) is 0. The average molecular weight is 262 g/mol. The van der Waals surface area contributed by atoms with Crippen LogP contribution in [0.4, 0.5) is 0 Å². The Bertz CT molecular complexity index is 536. The first-order valence-corrected chi connectivity index (χ1v) is 6.97. The molecule has 0 saturated carbocycles.